The van der Waals surface area contributed by atoms with E-state index in [-0.39, 0.29) is 11.9 Å². The van der Waals surface area contributed by atoms with Crippen LogP contribution >= 0.6 is 11.3 Å². The second-order valence-electron chi connectivity index (χ2n) is 4.72. The first-order valence-electron chi connectivity index (χ1n) is 6.13. The van der Waals surface area contributed by atoms with Crippen LogP contribution < -0.4 is 0 Å². The number of fused-ring (bicyclic) bond motifs is 1. The SMILES string of the molecule is C[C@H]1c2cc(F)ccc2CCN1Cc1cscn1. The Balaban J connectivity index is 1.84. The van der Waals surface area contributed by atoms with E-state index in [0.29, 0.717) is 0 Å². The Morgan fingerprint density at radius 3 is 3.17 bits per heavy atom. The molecule has 0 aliphatic carbocycles. The van der Waals surface area contributed by atoms with Gasteiger partial charge in [0, 0.05) is 24.5 Å². The number of hydrogen-bond donors (Lipinski definition) is 0. The molecule has 0 spiro atoms. The van der Waals surface area contributed by atoms with Crippen LogP contribution in [0.25, 0.3) is 0 Å². The van der Waals surface area contributed by atoms with Crippen LogP contribution in [0, 0.1) is 5.82 Å². The van der Waals surface area contributed by atoms with E-state index in [2.05, 4.69) is 22.2 Å². The molecule has 94 valence electrons. The first kappa shape index (κ1) is 11.8. The van der Waals surface area contributed by atoms with Crippen LogP contribution in [0.5, 0.6) is 0 Å². The third-order valence-corrected chi connectivity index (χ3v) is 4.26. The zero-order chi connectivity index (χ0) is 12.5. The largest absolute Gasteiger partial charge is 0.290 e. The standard InChI is InChI=1S/C14H15FN2S/c1-10-14-6-12(15)3-2-11(14)4-5-17(10)7-13-8-18-9-16-13/h2-3,6,8-10H,4-5,7H2,1H3/t10-/m0/s1. The third kappa shape index (κ3) is 2.18. The van der Waals surface area contributed by atoms with E-state index in [1.54, 1.807) is 23.5 Å². The number of aromatic nitrogens is 1. The molecule has 4 heteroatoms. The van der Waals surface area contributed by atoms with Gasteiger partial charge in [0.1, 0.15) is 5.82 Å². The highest BCUT2D eigenvalue weighted by molar-refractivity contribution is 7.07. The smallest absolute Gasteiger partial charge is 0.123 e. The van der Waals surface area contributed by atoms with Crippen LogP contribution in [0.2, 0.25) is 0 Å². The summed E-state index contributed by atoms with van der Waals surface area (Å²) < 4.78 is 13.3. The molecule has 0 amide bonds. The Labute approximate surface area is 110 Å². The lowest BCUT2D eigenvalue weighted by molar-refractivity contribution is 0.187. The second-order valence-corrected chi connectivity index (χ2v) is 5.44. The molecule has 0 bridgehead atoms. The van der Waals surface area contributed by atoms with Crippen molar-refractivity contribution in [3.63, 3.8) is 0 Å². The third-order valence-electron chi connectivity index (χ3n) is 3.62. The minimum Gasteiger partial charge on any atom is -0.290 e. The topological polar surface area (TPSA) is 16.1 Å². The molecule has 2 nitrogen and oxygen atoms in total. The molecule has 0 saturated heterocycles. The summed E-state index contributed by atoms with van der Waals surface area (Å²) in [5.41, 5.74) is 5.36. The van der Waals surface area contributed by atoms with Gasteiger partial charge in [-0.15, -0.1) is 11.3 Å². The van der Waals surface area contributed by atoms with Gasteiger partial charge in [-0.25, -0.2) is 9.37 Å². The molecule has 2 heterocycles. The molecule has 3 rings (SSSR count). The van der Waals surface area contributed by atoms with E-state index in [1.807, 2.05) is 11.6 Å². The van der Waals surface area contributed by atoms with E-state index >= 15 is 0 Å². The average molecular weight is 262 g/mol. The minimum atomic E-state index is -0.142. The van der Waals surface area contributed by atoms with Gasteiger partial charge in [0.2, 0.25) is 0 Å². The maximum atomic E-state index is 13.3. The maximum Gasteiger partial charge on any atom is 0.123 e. The fourth-order valence-electron chi connectivity index (χ4n) is 2.58. The molecule has 0 N–H and O–H groups in total. The Morgan fingerprint density at radius 2 is 2.39 bits per heavy atom. The Morgan fingerprint density at radius 1 is 1.50 bits per heavy atom. The van der Waals surface area contributed by atoms with Crippen molar-refractivity contribution in [2.75, 3.05) is 6.54 Å². The summed E-state index contributed by atoms with van der Waals surface area (Å²) in [5, 5.41) is 2.08. The molecule has 1 aromatic heterocycles. The normalized spacial score (nSPS) is 19.8. The van der Waals surface area contributed by atoms with E-state index < -0.39 is 0 Å². The van der Waals surface area contributed by atoms with Crippen LogP contribution in [-0.2, 0) is 13.0 Å². The summed E-state index contributed by atoms with van der Waals surface area (Å²) in [7, 11) is 0. The van der Waals surface area contributed by atoms with E-state index in [4.69, 9.17) is 0 Å². The van der Waals surface area contributed by atoms with Gasteiger partial charge in [-0.1, -0.05) is 6.07 Å². The zero-order valence-electron chi connectivity index (χ0n) is 10.3. The molecule has 1 aliphatic heterocycles. The van der Waals surface area contributed by atoms with Crippen LogP contribution in [0.15, 0.2) is 29.1 Å². The minimum absolute atomic E-state index is 0.142. The maximum absolute atomic E-state index is 13.3. The van der Waals surface area contributed by atoms with Crippen LogP contribution in [0.1, 0.15) is 29.8 Å². The predicted molar refractivity (Wildman–Crippen MR) is 71.0 cm³/mol. The van der Waals surface area contributed by atoms with Gasteiger partial charge in [-0.2, -0.15) is 0 Å². The Hall–Kier alpha value is -1.26. The second kappa shape index (κ2) is 4.78. The van der Waals surface area contributed by atoms with Gasteiger partial charge in [0.25, 0.3) is 0 Å². The van der Waals surface area contributed by atoms with Crippen LogP contribution in [0.3, 0.4) is 0 Å². The molecule has 0 unspecified atom stereocenters. The lowest BCUT2D eigenvalue weighted by atomic mass is 9.93. The number of hydrogen-bond acceptors (Lipinski definition) is 3. The molecule has 18 heavy (non-hydrogen) atoms. The van der Waals surface area contributed by atoms with Gasteiger partial charge in [-0.05, 0) is 36.6 Å². The molecule has 1 aromatic carbocycles. The highest BCUT2D eigenvalue weighted by atomic mass is 32.1. The molecular formula is C14H15FN2S. The summed E-state index contributed by atoms with van der Waals surface area (Å²) in [4.78, 5) is 6.68. The van der Waals surface area contributed by atoms with Gasteiger partial charge in [-0.3, -0.25) is 4.90 Å². The summed E-state index contributed by atoms with van der Waals surface area (Å²) in [5.74, 6) is -0.142. The molecule has 0 fully saturated rings. The van der Waals surface area contributed by atoms with Crippen molar-refractivity contribution in [1.29, 1.82) is 0 Å². The molecule has 0 saturated carbocycles. The highest BCUT2D eigenvalue weighted by Gasteiger charge is 2.24. The fourth-order valence-corrected chi connectivity index (χ4v) is 3.13. The number of benzene rings is 1. The number of halogens is 1. The summed E-state index contributed by atoms with van der Waals surface area (Å²) in [6, 6.07) is 5.40. The molecule has 0 radical (unpaired) electrons. The van der Waals surface area contributed by atoms with Crippen molar-refractivity contribution in [2.24, 2.45) is 0 Å². The Kier molecular flexibility index (Phi) is 3.14. The summed E-state index contributed by atoms with van der Waals surface area (Å²) >= 11 is 1.62. The van der Waals surface area contributed by atoms with Gasteiger partial charge in [0.15, 0.2) is 0 Å². The number of nitrogens with zero attached hydrogens (tertiary/aromatic N) is 2. The van der Waals surface area contributed by atoms with Crippen molar-refractivity contribution in [2.45, 2.75) is 25.9 Å². The van der Waals surface area contributed by atoms with E-state index in [1.165, 1.54) is 5.56 Å². The van der Waals surface area contributed by atoms with Crippen LogP contribution in [0.4, 0.5) is 4.39 Å². The quantitative estimate of drug-likeness (QED) is 0.824. The number of rotatable bonds is 2. The molecule has 2 aromatic rings. The first-order valence-corrected chi connectivity index (χ1v) is 7.08. The summed E-state index contributed by atoms with van der Waals surface area (Å²) in [6.07, 6.45) is 0.990. The first-order chi connectivity index (χ1) is 8.74. The van der Waals surface area contributed by atoms with Crippen molar-refractivity contribution in [3.8, 4) is 0 Å². The van der Waals surface area contributed by atoms with Crippen LogP contribution in [-0.4, -0.2) is 16.4 Å². The predicted octanol–water partition coefficient (Wildman–Crippen LogP) is 3.40. The van der Waals surface area contributed by atoms with E-state index in [9.17, 15) is 4.39 Å². The fraction of sp³-hybridized carbons (Fsp3) is 0.357. The average Bonchev–Trinajstić information content (AvgIpc) is 2.86. The van der Waals surface area contributed by atoms with Gasteiger partial charge < -0.3 is 0 Å². The molecule has 1 atom stereocenters. The Bertz CT molecular complexity index is 539. The highest BCUT2D eigenvalue weighted by Crippen LogP contribution is 2.30. The van der Waals surface area contributed by atoms with Crippen molar-refractivity contribution < 1.29 is 4.39 Å². The number of thiazole rings is 1. The van der Waals surface area contributed by atoms with Gasteiger partial charge in [0.05, 0.1) is 11.2 Å². The van der Waals surface area contributed by atoms with Crippen molar-refractivity contribution >= 4 is 11.3 Å². The summed E-state index contributed by atoms with van der Waals surface area (Å²) in [6.45, 7) is 4.00. The van der Waals surface area contributed by atoms with Gasteiger partial charge >= 0.3 is 0 Å². The lowest BCUT2D eigenvalue weighted by Crippen LogP contribution is -2.33. The van der Waals surface area contributed by atoms with E-state index in [0.717, 1.165) is 30.8 Å². The molecular weight excluding hydrogens is 247 g/mol. The monoisotopic (exact) mass is 262 g/mol. The zero-order valence-corrected chi connectivity index (χ0v) is 11.1. The van der Waals surface area contributed by atoms with Crippen molar-refractivity contribution in [3.05, 3.63) is 51.7 Å². The molecule has 1 aliphatic rings. The lowest BCUT2D eigenvalue weighted by Gasteiger charge is -2.34. The van der Waals surface area contributed by atoms with Crippen molar-refractivity contribution in [1.82, 2.24) is 9.88 Å².